The fourth-order valence-corrected chi connectivity index (χ4v) is 1.57. The average Bonchev–Trinajstić information content (AvgIpc) is 2.34. The van der Waals surface area contributed by atoms with E-state index >= 15 is 0 Å². The Morgan fingerprint density at radius 3 is 2.61 bits per heavy atom. The second-order valence-electron chi connectivity index (χ2n) is 4.33. The first-order valence-corrected chi connectivity index (χ1v) is 6.62. The van der Waals surface area contributed by atoms with Crippen LogP contribution in [-0.2, 0) is 4.79 Å². The van der Waals surface area contributed by atoms with Crippen LogP contribution in [0.1, 0.15) is 39.5 Å². The van der Waals surface area contributed by atoms with Crippen LogP contribution in [0, 0.1) is 0 Å². The molecule has 0 aromatic carbocycles. The number of nitrogens with one attached hydrogen (secondary N) is 1. The van der Waals surface area contributed by atoms with Gasteiger partial charge in [0.2, 0.25) is 5.78 Å². The summed E-state index contributed by atoms with van der Waals surface area (Å²) < 4.78 is 0. The van der Waals surface area contributed by atoms with Gasteiger partial charge in [-0.15, -0.1) is 0 Å². The lowest BCUT2D eigenvalue weighted by molar-refractivity contribution is -0.298. The third kappa shape index (κ3) is 4.35. The molecule has 4 heteroatoms. The maximum absolute atomic E-state index is 11.6. The lowest BCUT2D eigenvalue weighted by Gasteiger charge is -2.21. The molecule has 1 aliphatic rings. The number of aliphatic imine (C=N–C) groups is 1. The van der Waals surface area contributed by atoms with Gasteiger partial charge in [-0.05, 0) is 25.0 Å². The Morgan fingerprint density at radius 1 is 1.22 bits per heavy atom. The van der Waals surface area contributed by atoms with Gasteiger partial charge >= 0.3 is 0 Å². The third-order valence-corrected chi connectivity index (χ3v) is 2.70. The Kier molecular flexibility index (Phi) is 6.19. The number of hydrogen-bond donors (Lipinski definition) is 1. The van der Waals surface area contributed by atoms with Gasteiger partial charge in [-0.2, -0.15) is 0 Å². The molecule has 0 heterocycles. The number of nitrogens with zero attached hydrogens (tertiary/aromatic N) is 1. The van der Waals surface area contributed by atoms with E-state index in [0.29, 0.717) is 18.0 Å². The van der Waals surface area contributed by atoms with E-state index in [9.17, 15) is 9.90 Å². The number of rotatable bonds is 7. The number of carbonyl (C=O) groups is 1. The van der Waals surface area contributed by atoms with Crippen molar-refractivity contribution in [2.45, 2.75) is 39.5 Å². The Balaban J connectivity index is 2.68. The second-order valence-corrected chi connectivity index (χ2v) is 4.33. The zero-order valence-electron chi connectivity index (χ0n) is 11.2. The standard InChI is InChI=1S/C14H22N2O2/c1-3-5-7-15-11-9-12(16-8-6-4-2)14(18)10-13(11)17/h9-10,15,17H,3-8H2,1-2H3/p-1. The molecule has 0 unspecified atom stereocenters. The van der Waals surface area contributed by atoms with Crippen LogP contribution in [0.2, 0.25) is 0 Å². The van der Waals surface area contributed by atoms with Crippen molar-refractivity contribution in [2.24, 2.45) is 4.99 Å². The fourth-order valence-electron chi connectivity index (χ4n) is 1.57. The SMILES string of the molecule is CCCCN=C1C=C(NCCCC)C([O-])=CC1=O. The quantitative estimate of drug-likeness (QED) is 0.547. The summed E-state index contributed by atoms with van der Waals surface area (Å²) in [5.74, 6) is -0.525. The van der Waals surface area contributed by atoms with Crippen molar-refractivity contribution in [3.05, 3.63) is 23.6 Å². The normalized spacial score (nSPS) is 17.7. The minimum atomic E-state index is -0.280. The highest BCUT2D eigenvalue weighted by Gasteiger charge is 2.13. The molecule has 0 saturated heterocycles. The van der Waals surface area contributed by atoms with Crippen molar-refractivity contribution in [1.29, 1.82) is 0 Å². The molecule has 0 aromatic rings. The smallest absolute Gasteiger partial charge is 0.203 e. The van der Waals surface area contributed by atoms with E-state index < -0.39 is 0 Å². The van der Waals surface area contributed by atoms with Crippen molar-refractivity contribution in [1.82, 2.24) is 5.32 Å². The van der Waals surface area contributed by atoms with E-state index in [1.165, 1.54) is 0 Å². The average molecular weight is 249 g/mol. The maximum atomic E-state index is 11.6. The molecule has 0 atom stereocenters. The summed E-state index contributed by atoms with van der Waals surface area (Å²) in [6, 6.07) is 0. The lowest BCUT2D eigenvalue weighted by atomic mass is 10.1. The summed E-state index contributed by atoms with van der Waals surface area (Å²) in [7, 11) is 0. The molecular formula is C14H21N2O2-. The van der Waals surface area contributed by atoms with Gasteiger partial charge in [-0.3, -0.25) is 9.79 Å². The first-order chi connectivity index (χ1) is 8.69. The highest BCUT2D eigenvalue weighted by atomic mass is 16.3. The molecule has 0 bridgehead atoms. The van der Waals surface area contributed by atoms with E-state index in [-0.39, 0.29) is 11.5 Å². The van der Waals surface area contributed by atoms with Gasteiger partial charge in [0.15, 0.2) is 0 Å². The number of hydrogen-bond acceptors (Lipinski definition) is 4. The van der Waals surface area contributed by atoms with Crippen LogP contribution >= 0.6 is 0 Å². The van der Waals surface area contributed by atoms with Crippen LogP contribution in [-0.4, -0.2) is 24.6 Å². The van der Waals surface area contributed by atoms with E-state index in [2.05, 4.69) is 24.2 Å². The van der Waals surface area contributed by atoms with Crippen LogP contribution in [0.5, 0.6) is 0 Å². The van der Waals surface area contributed by atoms with E-state index in [1.807, 2.05) is 0 Å². The van der Waals surface area contributed by atoms with Crippen molar-refractivity contribution in [2.75, 3.05) is 13.1 Å². The topological polar surface area (TPSA) is 64.5 Å². The van der Waals surface area contributed by atoms with Crippen molar-refractivity contribution >= 4 is 11.5 Å². The molecule has 1 N–H and O–H groups in total. The van der Waals surface area contributed by atoms with E-state index in [0.717, 1.165) is 38.3 Å². The van der Waals surface area contributed by atoms with Gasteiger partial charge < -0.3 is 10.4 Å². The maximum Gasteiger partial charge on any atom is 0.203 e. The highest BCUT2D eigenvalue weighted by molar-refractivity contribution is 6.49. The van der Waals surface area contributed by atoms with Crippen LogP contribution in [0.15, 0.2) is 28.6 Å². The molecule has 0 aromatic heterocycles. The molecular weight excluding hydrogens is 228 g/mol. The van der Waals surface area contributed by atoms with Gasteiger partial charge in [-0.1, -0.05) is 32.4 Å². The van der Waals surface area contributed by atoms with Crippen molar-refractivity contribution in [3.63, 3.8) is 0 Å². The Hall–Kier alpha value is -1.58. The number of carbonyl (C=O) groups excluding carboxylic acids is 1. The summed E-state index contributed by atoms with van der Waals surface area (Å²) in [5, 5.41) is 14.7. The minimum absolute atomic E-state index is 0.245. The van der Waals surface area contributed by atoms with Gasteiger partial charge in [0.05, 0.1) is 0 Å². The van der Waals surface area contributed by atoms with Crippen molar-refractivity contribution < 1.29 is 9.90 Å². The van der Waals surface area contributed by atoms with Gasteiger partial charge in [0.1, 0.15) is 5.71 Å². The van der Waals surface area contributed by atoms with Gasteiger partial charge in [-0.25, -0.2) is 0 Å². The Morgan fingerprint density at radius 2 is 1.94 bits per heavy atom. The third-order valence-electron chi connectivity index (χ3n) is 2.70. The van der Waals surface area contributed by atoms with Crippen LogP contribution in [0.4, 0.5) is 0 Å². The molecule has 0 amide bonds. The first kappa shape index (κ1) is 14.5. The molecule has 1 rings (SSSR count). The molecule has 0 spiro atoms. The van der Waals surface area contributed by atoms with Crippen LogP contribution < -0.4 is 10.4 Å². The molecule has 18 heavy (non-hydrogen) atoms. The number of allylic oxidation sites excluding steroid dienone is 2. The summed E-state index contributed by atoms with van der Waals surface area (Å²) in [6.45, 7) is 5.55. The zero-order valence-corrected chi connectivity index (χ0v) is 11.2. The Labute approximate surface area is 108 Å². The molecule has 0 saturated carbocycles. The summed E-state index contributed by atoms with van der Waals surface area (Å²) >= 11 is 0. The van der Waals surface area contributed by atoms with E-state index in [4.69, 9.17) is 0 Å². The molecule has 0 aliphatic heterocycles. The Bertz CT molecular complexity index is 381. The monoisotopic (exact) mass is 249 g/mol. The number of unbranched alkanes of at least 4 members (excludes halogenated alkanes) is 2. The van der Waals surface area contributed by atoms with Crippen LogP contribution in [0.3, 0.4) is 0 Å². The molecule has 0 fully saturated rings. The highest BCUT2D eigenvalue weighted by Crippen LogP contribution is 2.09. The van der Waals surface area contributed by atoms with Crippen molar-refractivity contribution in [3.8, 4) is 0 Å². The van der Waals surface area contributed by atoms with Gasteiger partial charge in [0, 0.05) is 18.8 Å². The lowest BCUT2D eigenvalue weighted by Crippen LogP contribution is -2.28. The summed E-state index contributed by atoms with van der Waals surface area (Å²) in [6.07, 6.45) is 6.76. The van der Waals surface area contributed by atoms with Gasteiger partial charge in [0.25, 0.3) is 0 Å². The zero-order chi connectivity index (χ0) is 13.4. The predicted molar refractivity (Wildman–Crippen MR) is 71.3 cm³/mol. The molecule has 4 nitrogen and oxygen atoms in total. The number of ketones is 1. The summed E-state index contributed by atoms with van der Waals surface area (Å²) in [4.78, 5) is 15.8. The first-order valence-electron chi connectivity index (χ1n) is 6.62. The molecule has 1 aliphatic carbocycles. The van der Waals surface area contributed by atoms with Crippen LogP contribution in [0.25, 0.3) is 0 Å². The predicted octanol–water partition coefficient (Wildman–Crippen LogP) is 1.33. The minimum Gasteiger partial charge on any atom is -0.871 e. The molecule has 0 radical (unpaired) electrons. The summed E-state index contributed by atoms with van der Waals surface area (Å²) in [5.41, 5.74) is 0.875. The molecule has 100 valence electrons. The second kappa shape index (κ2) is 7.69. The van der Waals surface area contributed by atoms with E-state index in [1.54, 1.807) is 6.08 Å². The largest absolute Gasteiger partial charge is 0.871 e. The fraction of sp³-hybridized carbons (Fsp3) is 0.571.